The van der Waals surface area contributed by atoms with Gasteiger partial charge >= 0.3 is 0 Å². The van der Waals surface area contributed by atoms with Gasteiger partial charge in [0.25, 0.3) is 0 Å². The summed E-state index contributed by atoms with van der Waals surface area (Å²) in [7, 11) is 1.50. The Morgan fingerprint density at radius 1 is 1.32 bits per heavy atom. The van der Waals surface area contributed by atoms with Gasteiger partial charge in [-0.2, -0.15) is 0 Å². The number of carbonyl (C=O) groups excluding carboxylic acids is 1. The van der Waals surface area contributed by atoms with Crippen molar-refractivity contribution in [3.8, 4) is 11.5 Å². The fourth-order valence-corrected chi connectivity index (χ4v) is 1.83. The maximum atomic E-state index is 11.1. The Morgan fingerprint density at radius 3 is 2.68 bits per heavy atom. The summed E-state index contributed by atoms with van der Waals surface area (Å²) in [6.07, 6.45) is 4.05. The molecular formula is C14H12ClNO3. The van der Waals surface area contributed by atoms with Gasteiger partial charge in [-0.15, -0.1) is 0 Å². The average Bonchev–Trinajstić information content (AvgIpc) is 2.46. The Morgan fingerprint density at radius 2 is 2.05 bits per heavy atom. The fourth-order valence-electron chi connectivity index (χ4n) is 1.62. The molecule has 0 amide bonds. The quantitative estimate of drug-likeness (QED) is 0.788. The third-order valence-electron chi connectivity index (χ3n) is 2.53. The van der Waals surface area contributed by atoms with Crippen molar-refractivity contribution in [2.24, 2.45) is 0 Å². The largest absolute Gasteiger partial charge is 0.493 e. The second-order valence-corrected chi connectivity index (χ2v) is 4.22. The normalized spacial score (nSPS) is 10.0. The molecular weight excluding hydrogens is 266 g/mol. The molecule has 1 aromatic heterocycles. The van der Waals surface area contributed by atoms with Crippen molar-refractivity contribution in [2.45, 2.75) is 6.61 Å². The lowest BCUT2D eigenvalue weighted by atomic mass is 10.2. The molecule has 0 atom stereocenters. The molecule has 0 aliphatic rings. The predicted molar refractivity (Wildman–Crippen MR) is 72.0 cm³/mol. The minimum absolute atomic E-state index is 0.321. The highest BCUT2D eigenvalue weighted by atomic mass is 35.5. The zero-order chi connectivity index (χ0) is 13.7. The van der Waals surface area contributed by atoms with E-state index < -0.39 is 0 Å². The van der Waals surface area contributed by atoms with Crippen molar-refractivity contribution >= 4 is 17.9 Å². The molecule has 2 rings (SSSR count). The zero-order valence-corrected chi connectivity index (χ0v) is 11.1. The second kappa shape index (κ2) is 6.20. The standard InChI is InChI=1S/C14H12ClNO3/c1-18-13-7-12(15)6-11(8-17)14(13)19-9-10-2-4-16-5-3-10/h2-8H,9H2,1H3. The molecule has 19 heavy (non-hydrogen) atoms. The number of aldehydes is 1. The number of hydrogen-bond acceptors (Lipinski definition) is 4. The van der Waals surface area contributed by atoms with Crippen molar-refractivity contribution in [3.63, 3.8) is 0 Å². The van der Waals surface area contributed by atoms with E-state index in [4.69, 9.17) is 21.1 Å². The van der Waals surface area contributed by atoms with Gasteiger partial charge in [-0.1, -0.05) is 11.6 Å². The number of aromatic nitrogens is 1. The summed E-state index contributed by atoms with van der Waals surface area (Å²) in [6.45, 7) is 0.321. The Hall–Kier alpha value is -2.07. The minimum Gasteiger partial charge on any atom is -0.493 e. The van der Waals surface area contributed by atoms with Crippen molar-refractivity contribution in [1.82, 2.24) is 4.98 Å². The molecule has 0 aliphatic heterocycles. The van der Waals surface area contributed by atoms with Gasteiger partial charge in [0.05, 0.1) is 12.7 Å². The van der Waals surface area contributed by atoms with Crippen LogP contribution in [0.25, 0.3) is 0 Å². The lowest BCUT2D eigenvalue weighted by Crippen LogP contribution is -2.01. The highest BCUT2D eigenvalue weighted by molar-refractivity contribution is 6.31. The minimum atomic E-state index is 0.321. The summed E-state index contributed by atoms with van der Waals surface area (Å²) in [5, 5.41) is 0.426. The number of methoxy groups -OCH3 is 1. The number of rotatable bonds is 5. The Balaban J connectivity index is 2.26. The smallest absolute Gasteiger partial charge is 0.172 e. The third-order valence-corrected chi connectivity index (χ3v) is 2.75. The summed E-state index contributed by atoms with van der Waals surface area (Å²) < 4.78 is 10.8. The van der Waals surface area contributed by atoms with Gasteiger partial charge in [-0.05, 0) is 23.8 Å². The van der Waals surface area contributed by atoms with Gasteiger partial charge < -0.3 is 9.47 Å². The second-order valence-electron chi connectivity index (χ2n) is 3.79. The first-order valence-corrected chi connectivity index (χ1v) is 5.97. The van der Waals surface area contributed by atoms with E-state index >= 15 is 0 Å². The van der Waals surface area contributed by atoms with E-state index in [1.54, 1.807) is 24.5 Å². The number of carbonyl (C=O) groups is 1. The maximum Gasteiger partial charge on any atom is 0.172 e. The molecule has 1 heterocycles. The number of benzene rings is 1. The van der Waals surface area contributed by atoms with Crippen LogP contribution in [0.5, 0.6) is 11.5 Å². The fraction of sp³-hybridized carbons (Fsp3) is 0.143. The molecule has 2 aromatic rings. The van der Waals surface area contributed by atoms with Gasteiger partial charge in [0, 0.05) is 23.5 Å². The molecule has 1 aromatic carbocycles. The molecule has 0 spiro atoms. The third kappa shape index (κ3) is 3.23. The van der Waals surface area contributed by atoms with Crippen LogP contribution >= 0.6 is 11.6 Å². The molecule has 0 unspecified atom stereocenters. The van der Waals surface area contributed by atoms with Crippen LogP contribution < -0.4 is 9.47 Å². The SMILES string of the molecule is COc1cc(Cl)cc(C=O)c1OCc1ccncc1. The Labute approximate surface area is 115 Å². The van der Waals surface area contributed by atoms with E-state index in [9.17, 15) is 4.79 Å². The first kappa shape index (κ1) is 13.4. The van der Waals surface area contributed by atoms with Crippen LogP contribution in [-0.4, -0.2) is 18.4 Å². The van der Waals surface area contributed by atoms with E-state index in [2.05, 4.69) is 4.98 Å². The van der Waals surface area contributed by atoms with Gasteiger partial charge in [0.1, 0.15) is 6.61 Å². The Bertz CT molecular complexity index is 572. The summed E-state index contributed by atoms with van der Waals surface area (Å²) >= 11 is 5.89. The number of ether oxygens (including phenoxy) is 2. The molecule has 5 heteroatoms. The topological polar surface area (TPSA) is 48.4 Å². The molecule has 4 nitrogen and oxygen atoms in total. The van der Waals surface area contributed by atoms with Crippen molar-refractivity contribution < 1.29 is 14.3 Å². The van der Waals surface area contributed by atoms with Gasteiger partial charge in [0.2, 0.25) is 0 Å². The van der Waals surface area contributed by atoms with Crippen LogP contribution in [0, 0.1) is 0 Å². The molecule has 0 aliphatic carbocycles. The van der Waals surface area contributed by atoms with Crippen molar-refractivity contribution in [1.29, 1.82) is 0 Å². The first-order chi connectivity index (χ1) is 9.24. The van der Waals surface area contributed by atoms with Crippen LogP contribution in [0.4, 0.5) is 0 Å². The van der Waals surface area contributed by atoms with E-state index in [0.717, 1.165) is 5.56 Å². The summed E-state index contributed by atoms with van der Waals surface area (Å²) in [6, 6.07) is 6.82. The molecule has 98 valence electrons. The lowest BCUT2D eigenvalue weighted by Gasteiger charge is -2.13. The van der Waals surface area contributed by atoms with Crippen LogP contribution in [0.2, 0.25) is 5.02 Å². The van der Waals surface area contributed by atoms with Crippen molar-refractivity contribution in [2.75, 3.05) is 7.11 Å². The molecule has 0 bridgehead atoms. The predicted octanol–water partition coefficient (Wildman–Crippen LogP) is 3.14. The van der Waals surface area contributed by atoms with E-state index in [1.165, 1.54) is 7.11 Å². The number of hydrogen-bond donors (Lipinski definition) is 0. The van der Waals surface area contributed by atoms with E-state index in [0.29, 0.717) is 35.0 Å². The van der Waals surface area contributed by atoms with Crippen LogP contribution in [0.15, 0.2) is 36.7 Å². The highest BCUT2D eigenvalue weighted by Crippen LogP contribution is 2.34. The first-order valence-electron chi connectivity index (χ1n) is 5.59. The maximum absolute atomic E-state index is 11.1. The number of halogens is 1. The van der Waals surface area contributed by atoms with Crippen LogP contribution in [0.3, 0.4) is 0 Å². The van der Waals surface area contributed by atoms with Crippen LogP contribution in [-0.2, 0) is 6.61 Å². The highest BCUT2D eigenvalue weighted by Gasteiger charge is 2.12. The van der Waals surface area contributed by atoms with Gasteiger partial charge in [-0.3, -0.25) is 9.78 Å². The number of pyridine rings is 1. The van der Waals surface area contributed by atoms with Crippen LogP contribution in [0.1, 0.15) is 15.9 Å². The van der Waals surface area contributed by atoms with E-state index in [1.807, 2.05) is 12.1 Å². The summed E-state index contributed by atoms with van der Waals surface area (Å²) in [5.41, 5.74) is 1.31. The molecule has 0 N–H and O–H groups in total. The summed E-state index contributed by atoms with van der Waals surface area (Å²) in [5.74, 6) is 0.822. The molecule has 0 saturated carbocycles. The number of nitrogens with zero attached hydrogens (tertiary/aromatic N) is 1. The average molecular weight is 278 g/mol. The van der Waals surface area contributed by atoms with Crippen molar-refractivity contribution in [3.05, 3.63) is 52.8 Å². The zero-order valence-electron chi connectivity index (χ0n) is 10.3. The van der Waals surface area contributed by atoms with Gasteiger partial charge in [-0.25, -0.2) is 0 Å². The van der Waals surface area contributed by atoms with E-state index in [-0.39, 0.29) is 0 Å². The monoisotopic (exact) mass is 277 g/mol. The lowest BCUT2D eigenvalue weighted by molar-refractivity contribution is 0.111. The summed E-state index contributed by atoms with van der Waals surface area (Å²) in [4.78, 5) is 15.0. The molecule has 0 saturated heterocycles. The van der Waals surface area contributed by atoms with Gasteiger partial charge in [0.15, 0.2) is 17.8 Å². The Kier molecular flexibility index (Phi) is 4.36. The molecule has 0 radical (unpaired) electrons. The molecule has 0 fully saturated rings.